The number of hydrogen-bond acceptors (Lipinski definition) is 2. The Labute approximate surface area is 98.4 Å². The van der Waals surface area contributed by atoms with Gasteiger partial charge in [0.1, 0.15) is 0 Å². The quantitative estimate of drug-likeness (QED) is 0.920. The van der Waals surface area contributed by atoms with Gasteiger partial charge in [-0.05, 0) is 41.3 Å². The first-order valence-electron chi connectivity index (χ1n) is 5.09. The van der Waals surface area contributed by atoms with Crippen molar-refractivity contribution in [1.82, 2.24) is 4.57 Å². The summed E-state index contributed by atoms with van der Waals surface area (Å²) in [6.45, 7) is 6.32. The fourth-order valence-electron chi connectivity index (χ4n) is 1.71. The summed E-state index contributed by atoms with van der Waals surface area (Å²) >= 11 is 3.22. The number of hydrogen-bond donors (Lipinski definition) is 1. The van der Waals surface area contributed by atoms with Gasteiger partial charge in [-0.25, -0.2) is 0 Å². The summed E-state index contributed by atoms with van der Waals surface area (Å²) in [5, 5.41) is 0. The van der Waals surface area contributed by atoms with Crippen LogP contribution in [0.15, 0.2) is 21.5 Å². The molecule has 0 saturated heterocycles. The molecule has 0 amide bonds. The Morgan fingerprint density at radius 3 is 2.60 bits per heavy atom. The molecule has 0 aliphatic carbocycles. The van der Waals surface area contributed by atoms with Crippen LogP contribution in [0.3, 0.4) is 0 Å². The molecule has 15 heavy (non-hydrogen) atoms. The molecular formula is C11H17BrN2O. The molecule has 2 N–H and O–H groups in total. The molecule has 0 fully saturated rings. The van der Waals surface area contributed by atoms with Crippen molar-refractivity contribution in [2.75, 3.05) is 5.73 Å². The lowest BCUT2D eigenvalue weighted by Gasteiger charge is -2.17. The van der Waals surface area contributed by atoms with Crippen molar-refractivity contribution in [3.63, 3.8) is 0 Å². The summed E-state index contributed by atoms with van der Waals surface area (Å²) in [6.07, 6.45) is 2.68. The summed E-state index contributed by atoms with van der Waals surface area (Å²) in [4.78, 5) is 11.8. The lowest BCUT2D eigenvalue weighted by molar-refractivity contribution is 0.419. The highest BCUT2D eigenvalue weighted by Crippen LogP contribution is 2.17. The number of aromatic nitrogens is 1. The topological polar surface area (TPSA) is 48.0 Å². The van der Waals surface area contributed by atoms with E-state index in [0.29, 0.717) is 16.1 Å². The number of nitrogens with two attached hydrogens (primary N) is 1. The minimum absolute atomic E-state index is 0.0163. The van der Waals surface area contributed by atoms with E-state index < -0.39 is 0 Å². The zero-order chi connectivity index (χ0) is 11.6. The van der Waals surface area contributed by atoms with Gasteiger partial charge in [-0.2, -0.15) is 0 Å². The number of halogens is 1. The van der Waals surface area contributed by atoms with E-state index in [9.17, 15) is 4.79 Å². The molecule has 0 aromatic carbocycles. The lowest BCUT2D eigenvalue weighted by Crippen LogP contribution is -2.24. The van der Waals surface area contributed by atoms with E-state index in [2.05, 4.69) is 29.8 Å². The molecule has 0 spiro atoms. The third-order valence-electron chi connectivity index (χ3n) is 2.31. The second-order valence-electron chi connectivity index (χ2n) is 4.31. The first kappa shape index (κ1) is 12.3. The van der Waals surface area contributed by atoms with Gasteiger partial charge in [-0.3, -0.25) is 4.79 Å². The first-order chi connectivity index (χ1) is 6.91. The minimum atomic E-state index is -0.0163. The molecule has 0 saturated carbocycles. The Morgan fingerprint density at radius 1 is 1.47 bits per heavy atom. The normalized spacial score (nSPS) is 13.1. The Morgan fingerprint density at radius 2 is 2.07 bits per heavy atom. The number of pyridine rings is 1. The van der Waals surface area contributed by atoms with Crippen LogP contribution in [0, 0.1) is 5.92 Å². The molecule has 1 rings (SSSR count). The maximum absolute atomic E-state index is 11.8. The van der Waals surface area contributed by atoms with Gasteiger partial charge in [0.2, 0.25) is 0 Å². The second kappa shape index (κ2) is 4.84. The Kier molecular flexibility index (Phi) is 3.97. The molecule has 1 aromatic heterocycles. The van der Waals surface area contributed by atoms with Gasteiger partial charge < -0.3 is 10.3 Å². The summed E-state index contributed by atoms with van der Waals surface area (Å²) in [6, 6.07) is 1.82. The van der Waals surface area contributed by atoms with E-state index in [0.717, 1.165) is 6.42 Å². The number of rotatable bonds is 3. The maximum atomic E-state index is 11.8. The van der Waals surface area contributed by atoms with E-state index in [1.54, 1.807) is 16.8 Å². The van der Waals surface area contributed by atoms with Crippen molar-refractivity contribution < 1.29 is 0 Å². The van der Waals surface area contributed by atoms with Crippen LogP contribution < -0.4 is 11.3 Å². The van der Waals surface area contributed by atoms with Crippen molar-refractivity contribution in [2.24, 2.45) is 5.92 Å². The van der Waals surface area contributed by atoms with Crippen LogP contribution in [-0.4, -0.2) is 4.57 Å². The molecule has 0 aliphatic heterocycles. The Hall–Kier alpha value is -0.770. The van der Waals surface area contributed by atoms with E-state index in [-0.39, 0.29) is 11.6 Å². The number of nitrogen functional groups attached to an aromatic ring is 1. The molecule has 1 unspecified atom stereocenters. The lowest BCUT2D eigenvalue weighted by atomic mass is 10.1. The van der Waals surface area contributed by atoms with Gasteiger partial charge in [0, 0.05) is 17.9 Å². The molecule has 4 heteroatoms. The monoisotopic (exact) mass is 272 g/mol. The summed E-state index contributed by atoms with van der Waals surface area (Å²) in [5.74, 6) is 0.562. The molecule has 0 bridgehead atoms. The van der Waals surface area contributed by atoms with E-state index >= 15 is 0 Å². The standard InChI is InChI=1S/C11H17BrN2O/c1-7(2)4-8(3)14-6-9(13)5-10(12)11(14)15/h5-8H,4,13H2,1-3H3. The molecule has 0 radical (unpaired) electrons. The third-order valence-corrected chi connectivity index (χ3v) is 2.88. The molecule has 84 valence electrons. The number of anilines is 1. The second-order valence-corrected chi connectivity index (χ2v) is 5.17. The van der Waals surface area contributed by atoms with E-state index in [1.807, 2.05) is 6.92 Å². The summed E-state index contributed by atoms with van der Waals surface area (Å²) in [5.41, 5.74) is 6.30. The van der Waals surface area contributed by atoms with Crippen LogP contribution in [0.1, 0.15) is 33.2 Å². The summed E-state index contributed by atoms with van der Waals surface area (Å²) in [7, 11) is 0. The zero-order valence-corrected chi connectivity index (χ0v) is 10.9. The molecule has 3 nitrogen and oxygen atoms in total. The predicted molar refractivity (Wildman–Crippen MR) is 67.0 cm³/mol. The highest BCUT2D eigenvalue weighted by molar-refractivity contribution is 9.10. The number of nitrogens with zero attached hydrogens (tertiary/aromatic N) is 1. The van der Waals surface area contributed by atoms with Gasteiger partial charge in [-0.15, -0.1) is 0 Å². The fourth-order valence-corrected chi connectivity index (χ4v) is 2.18. The van der Waals surface area contributed by atoms with Crippen molar-refractivity contribution >= 4 is 21.6 Å². The van der Waals surface area contributed by atoms with Crippen LogP contribution in [0.2, 0.25) is 0 Å². The van der Waals surface area contributed by atoms with Gasteiger partial charge in [0.25, 0.3) is 5.56 Å². The third kappa shape index (κ3) is 3.09. The van der Waals surface area contributed by atoms with E-state index in [4.69, 9.17) is 5.73 Å². The van der Waals surface area contributed by atoms with Crippen LogP contribution in [0.4, 0.5) is 5.69 Å². The molecule has 1 atom stereocenters. The largest absolute Gasteiger partial charge is 0.398 e. The van der Waals surface area contributed by atoms with Gasteiger partial charge in [-0.1, -0.05) is 13.8 Å². The smallest absolute Gasteiger partial charge is 0.265 e. The van der Waals surface area contributed by atoms with Crippen LogP contribution >= 0.6 is 15.9 Å². The Balaban J connectivity index is 3.08. The van der Waals surface area contributed by atoms with Crippen LogP contribution in [0.5, 0.6) is 0 Å². The average Bonchev–Trinajstić information content (AvgIpc) is 2.09. The highest BCUT2D eigenvalue weighted by atomic mass is 79.9. The van der Waals surface area contributed by atoms with E-state index in [1.165, 1.54) is 0 Å². The minimum Gasteiger partial charge on any atom is -0.398 e. The fraction of sp³-hybridized carbons (Fsp3) is 0.545. The zero-order valence-electron chi connectivity index (χ0n) is 9.33. The Bertz CT molecular complexity index is 398. The van der Waals surface area contributed by atoms with Crippen LogP contribution in [0.25, 0.3) is 0 Å². The van der Waals surface area contributed by atoms with Gasteiger partial charge in [0.05, 0.1) is 4.47 Å². The average molecular weight is 273 g/mol. The van der Waals surface area contributed by atoms with Gasteiger partial charge in [0.15, 0.2) is 0 Å². The molecule has 1 aromatic rings. The van der Waals surface area contributed by atoms with Crippen molar-refractivity contribution in [3.8, 4) is 0 Å². The van der Waals surface area contributed by atoms with Crippen molar-refractivity contribution in [1.29, 1.82) is 0 Å². The molecule has 0 aliphatic rings. The predicted octanol–water partition coefficient (Wildman–Crippen LogP) is 2.80. The summed E-state index contributed by atoms with van der Waals surface area (Å²) < 4.78 is 2.22. The highest BCUT2D eigenvalue weighted by Gasteiger charge is 2.11. The molecule has 1 heterocycles. The van der Waals surface area contributed by atoms with Crippen molar-refractivity contribution in [3.05, 3.63) is 27.1 Å². The van der Waals surface area contributed by atoms with Gasteiger partial charge >= 0.3 is 0 Å². The maximum Gasteiger partial charge on any atom is 0.265 e. The molecular weight excluding hydrogens is 256 g/mol. The first-order valence-corrected chi connectivity index (χ1v) is 5.88. The van der Waals surface area contributed by atoms with Crippen LogP contribution in [-0.2, 0) is 0 Å². The SMILES string of the molecule is CC(C)CC(C)n1cc(N)cc(Br)c1=O. The van der Waals surface area contributed by atoms with Crippen molar-refractivity contribution in [2.45, 2.75) is 33.2 Å².